The highest BCUT2D eigenvalue weighted by molar-refractivity contribution is 5.82. The number of hydrogen-bond donors (Lipinski definition) is 1. The van der Waals surface area contributed by atoms with Crippen LogP contribution in [-0.4, -0.2) is 36.5 Å². The second-order valence-corrected chi connectivity index (χ2v) is 5.38. The average molecular weight is 196 g/mol. The first-order valence-electron chi connectivity index (χ1n) is 5.53. The molecule has 1 heterocycles. The molecule has 0 radical (unpaired) electrons. The Labute approximate surface area is 85.8 Å². The van der Waals surface area contributed by atoms with E-state index >= 15 is 0 Å². The molecule has 14 heavy (non-hydrogen) atoms. The second-order valence-electron chi connectivity index (χ2n) is 5.38. The van der Waals surface area contributed by atoms with Crippen LogP contribution in [-0.2, 0) is 4.79 Å². The van der Waals surface area contributed by atoms with E-state index in [0.29, 0.717) is 17.9 Å². The lowest BCUT2D eigenvalue weighted by Gasteiger charge is -2.32. The van der Waals surface area contributed by atoms with E-state index < -0.39 is 0 Å². The molecule has 1 amide bonds. The lowest BCUT2D eigenvalue weighted by Crippen LogP contribution is -2.52. The van der Waals surface area contributed by atoms with Gasteiger partial charge in [-0.25, -0.2) is 0 Å². The quantitative estimate of drug-likeness (QED) is 0.674. The largest absolute Gasteiger partial charge is 0.340 e. The summed E-state index contributed by atoms with van der Waals surface area (Å²) in [5.74, 6) is 0.677. The molecule has 1 N–H and O–H groups in total. The maximum absolute atomic E-state index is 12.0. The minimum Gasteiger partial charge on any atom is -0.340 e. The third kappa shape index (κ3) is 1.78. The van der Waals surface area contributed by atoms with Crippen LogP contribution >= 0.6 is 0 Å². The molecule has 0 spiro atoms. The van der Waals surface area contributed by atoms with Gasteiger partial charge in [-0.05, 0) is 18.8 Å². The van der Waals surface area contributed by atoms with E-state index in [9.17, 15) is 4.79 Å². The molecule has 2 aliphatic rings. The highest BCUT2D eigenvalue weighted by atomic mass is 16.2. The standard InChI is InChI=1S/C11H20N2O/c1-8-7-13(5-4-12-8)10(14)9-6-11(9,2)3/h8-9,12H,4-7H2,1-3H3/t8-,9+/m0/s1. The van der Waals surface area contributed by atoms with Crippen molar-refractivity contribution in [3.05, 3.63) is 0 Å². The summed E-state index contributed by atoms with van der Waals surface area (Å²) < 4.78 is 0. The summed E-state index contributed by atoms with van der Waals surface area (Å²) in [6.07, 6.45) is 1.07. The van der Waals surface area contributed by atoms with Crippen molar-refractivity contribution in [2.75, 3.05) is 19.6 Å². The first-order valence-corrected chi connectivity index (χ1v) is 5.53. The zero-order valence-corrected chi connectivity index (χ0v) is 9.34. The van der Waals surface area contributed by atoms with Crippen molar-refractivity contribution in [3.63, 3.8) is 0 Å². The highest BCUT2D eigenvalue weighted by Gasteiger charge is 2.52. The number of nitrogens with zero attached hydrogens (tertiary/aromatic N) is 1. The lowest BCUT2D eigenvalue weighted by molar-refractivity contribution is -0.134. The van der Waals surface area contributed by atoms with Gasteiger partial charge in [0.25, 0.3) is 0 Å². The van der Waals surface area contributed by atoms with Gasteiger partial charge in [0, 0.05) is 31.6 Å². The molecule has 2 rings (SSSR count). The average Bonchev–Trinajstić information content (AvgIpc) is 2.74. The SMILES string of the molecule is C[C@H]1CN(C(=O)[C@H]2CC2(C)C)CCN1. The van der Waals surface area contributed by atoms with E-state index in [1.54, 1.807) is 0 Å². The molecule has 0 aromatic rings. The van der Waals surface area contributed by atoms with E-state index in [4.69, 9.17) is 0 Å². The van der Waals surface area contributed by atoms with Gasteiger partial charge in [0.1, 0.15) is 0 Å². The number of hydrogen-bond acceptors (Lipinski definition) is 2. The van der Waals surface area contributed by atoms with Crippen LogP contribution in [0.4, 0.5) is 0 Å². The monoisotopic (exact) mass is 196 g/mol. The number of carbonyl (C=O) groups excluding carboxylic acids is 1. The minimum absolute atomic E-state index is 0.269. The third-order valence-corrected chi connectivity index (χ3v) is 3.49. The van der Waals surface area contributed by atoms with Crippen molar-refractivity contribution < 1.29 is 4.79 Å². The molecule has 1 aliphatic carbocycles. The molecule has 0 unspecified atom stereocenters. The Hall–Kier alpha value is -0.570. The fourth-order valence-electron chi connectivity index (χ4n) is 2.24. The Kier molecular flexibility index (Phi) is 2.30. The topological polar surface area (TPSA) is 32.3 Å². The predicted octanol–water partition coefficient (Wildman–Crippen LogP) is 0.853. The smallest absolute Gasteiger partial charge is 0.226 e. The van der Waals surface area contributed by atoms with E-state index in [2.05, 4.69) is 26.1 Å². The molecule has 1 saturated heterocycles. The summed E-state index contributed by atoms with van der Waals surface area (Å²) >= 11 is 0. The van der Waals surface area contributed by atoms with Crippen LogP contribution in [0, 0.1) is 11.3 Å². The molecule has 3 nitrogen and oxygen atoms in total. The molecule has 0 aromatic carbocycles. The molecule has 3 heteroatoms. The summed E-state index contributed by atoms with van der Waals surface area (Å²) in [5, 5.41) is 3.35. The van der Waals surface area contributed by atoms with Crippen molar-refractivity contribution in [1.29, 1.82) is 0 Å². The molecule has 2 atom stereocenters. The number of amides is 1. The maximum Gasteiger partial charge on any atom is 0.226 e. The van der Waals surface area contributed by atoms with Gasteiger partial charge in [-0.15, -0.1) is 0 Å². The Bertz CT molecular complexity index is 250. The number of carbonyl (C=O) groups is 1. The normalized spacial score (nSPS) is 35.5. The predicted molar refractivity (Wildman–Crippen MR) is 55.9 cm³/mol. The van der Waals surface area contributed by atoms with Gasteiger partial charge in [0.05, 0.1) is 0 Å². The molecular weight excluding hydrogens is 176 g/mol. The molecule has 80 valence electrons. The Morgan fingerprint density at radius 1 is 1.50 bits per heavy atom. The summed E-state index contributed by atoms with van der Waals surface area (Å²) in [4.78, 5) is 14.0. The molecular formula is C11H20N2O. The summed E-state index contributed by atoms with van der Waals surface area (Å²) in [6, 6.07) is 0.453. The van der Waals surface area contributed by atoms with Crippen LogP contribution in [0.2, 0.25) is 0 Å². The second kappa shape index (κ2) is 3.23. The van der Waals surface area contributed by atoms with Crippen molar-refractivity contribution in [2.45, 2.75) is 33.2 Å². The van der Waals surface area contributed by atoms with Crippen molar-refractivity contribution in [2.24, 2.45) is 11.3 Å². The molecule has 2 fully saturated rings. The first-order chi connectivity index (χ1) is 6.50. The fourth-order valence-corrected chi connectivity index (χ4v) is 2.24. The number of nitrogens with one attached hydrogen (secondary N) is 1. The third-order valence-electron chi connectivity index (χ3n) is 3.49. The summed E-state index contributed by atoms with van der Waals surface area (Å²) in [6.45, 7) is 9.21. The van der Waals surface area contributed by atoms with Gasteiger partial charge in [-0.1, -0.05) is 13.8 Å². The van der Waals surface area contributed by atoms with E-state index in [1.165, 1.54) is 0 Å². The lowest BCUT2D eigenvalue weighted by atomic mass is 10.1. The number of rotatable bonds is 1. The van der Waals surface area contributed by atoms with Crippen LogP contribution in [0.3, 0.4) is 0 Å². The van der Waals surface area contributed by atoms with Crippen LogP contribution in [0.25, 0.3) is 0 Å². The van der Waals surface area contributed by atoms with E-state index in [0.717, 1.165) is 26.1 Å². The molecule has 0 bridgehead atoms. The van der Waals surface area contributed by atoms with Crippen LogP contribution in [0.15, 0.2) is 0 Å². The van der Waals surface area contributed by atoms with Crippen molar-refractivity contribution >= 4 is 5.91 Å². The highest BCUT2D eigenvalue weighted by Crippen LogP contribution is 2.52. The van der Waals surface area contributed by atoms with Gasteiger partial charge < -0.3 is 10.2 Å². The molecule has 1 saturated carbocycles. The van der Waals surface area contributed by atoms with Crippen LogP contribution in [0.5, 0.6) is 0 Å². The molecule has 1 aliphatic heterocycles. The maximum atomic E-state index is 12.0. The van der Waals surface area contributed by atoms with Crippen molar-refractivity contribution in [1.82, 2.24) is 10.2 Å². The van der Waals surface area contributed by atoms with Gasteiger partial charge in [0.2, 0.25) is 5.91 Å². The van der Waals surface area contributed by atoms with Gasteiger partial charge in [-0.3, -0.25) is 4.79 Å². The van der Waals surface area contributed by atoms with Gasteiger partial charge in [0.15, 0.2) is 0 Å². The first kappa shape index (κ1) is 9.97. The number of piperazine rings is 1. The van der Waals surface area contributed by atoms with Gasteiger partial charge in [-0.2, -0.15) is 0 Å². The zero-order chi connectivity index (χ0) is 10.3. The van der Waals surface area contributed by atoms with Crippen molar-refractivity contribution in [3.8, 4) is 0 Å². The summed E-state index contributed by atoms with van der Waals surface area (Å²) in [7, 11) is 0. The zero-order valence-electron chi connectivity index (χ0n) is 9.34. The van der Waals surface area contributed by atoms with Crippen LogP contribution < -0.4 is 5.32 Å². The minimum atomic E-state index is 0.269. The summed E-state index contributed by atoms with van der Waals surface area (Å²) in [5.41, 5.74) is 0.269. The van der Waals surface area contributed by atoms with Gasteiger partial charge >= 0.3 is 0 Å². The Balaban J connectivity index is 1.92. The Morgan fingerprint density at radius 2 is 2.14 bits per heavy atom. The van der Waals surface area contributed by atoms with E-state index in [1.807, 2.05) is 4.90 Å². The Morgan fingerprint density at radius 3 is 2.64 bits per heavy atom. The fraction of sp³-hybridized carbons (Fsp3) is 0.909. The van der Waals surface area contributed by atoms with Crippen LogP contribution in [0.1, 0.15) is 27.2 Å². The van der Waals surface area contributed by atoms with E-state index in [-0.39, 0.29) is 5.41 Å². The molecule has 0 aromatic heterocycles.